The highest BCUT2D eigenvalue weighted by Gasteiger charge is 2.27. The zero-order valence-electron chi connectivity index (χ0n) is 13.2. The zero-order valence-corrected chi connectivity index (χ0v) is 13.2. The quantitative estimate of drug-likeness (QED) is 0.876. The zero-order chi connectivity index (χ0) is 16.1. The maximum absolute atomic E-state index is 12.2. The molecule has 0 spiro atoms. The molecule has 1 aromatic rings. The van der Waals surface area contributed by atoms with Crippen molar-refractivity contribution in [3.8, 4) is 0 Å². The molecule has 1 atom stereocenters. The first-order valence-electron chi connectivity index (χ1n) is 7.55. The number of amides is 3. The third-order valence-electron chi connectivity index (χ3n) is 4.02. The molecule has 120 valence electrons. The molecule has 0 aromatic heterocycles. The number of carbonyl (C=O) groups excluding carboxylic acids is 2. The standard InChI is InChI=1S/C16H24N4O2/c1-19(2)14-7-5-12(6-8-14)10-18-15(21)13-4-3-9-20(11-13)16(17)22/h5-8,13H,3-4,9-11H2,1-2H3,(H2,17,22)(H,18,21)/t13-/m1/s1. The van der Waals surface area contributed by atoms with E-state index in [2.05, 4.69) is 5.32 Å². The fourth-order valence-corrected chi connectivity index (χ4v) is 2.64. The second kappa shape index (κ2) is 7.15. The first kappa shape index (κ1) is 16.1. The number of rotatable bonds is 4. The Morgan fingerprint density at radius 3 is 2.59 bits per heavy atom. The molecule has 0 aliphatic carbocycles. The number of urea groups is 1. The molecule has 22 heavy (non-hydrogen) atoms. The van der Waals surface area contributed by atoms with Gasteiger partial charge in [0.1, 0.15) is 0 Å². The van der Waals surface area contributed by atoms with Crippen molar-refractivity contribution in [2.24, 2.45) is 11.7 Å². The summed E-state index contributed by atoms with van der Waals surface area (Å²) in [5.74, 6) is -0.176. The van der Waals surface area contributed by atoms with E-state index in [1.807, 2.05) is 43.3 Å². The fraction of sp³-hybridized carbons (Fsp3) is 0.500. The van der Waals surface area contributed by atoms with Gasteiger partial charge in [0.2, 0.25) is 5.91 Å². The van der Waals surface area contributed by atoms with Crippen molar-refractivity contribution in [1.82, 2.24) is 10.2 Å². The van der Waals surface area contributed by atoms with Gasteiger partial charge < -0.3 is 20.9 Å². The molecule has 1 heterocycles. The average molecular weight is 304 g/mol. The van der Waals surface area contributed by atoms with E-state index < -0.39 is 6.03 Å². The maximum Gasteiger partial charge on any atom is 0.314 e. The van der Waals surface area contributed by atoms with Crippen LogP contribution in [-0.4, -0.2) is 44.0 Å². The van der Waals surface area contributed by atoms with E-state index in [0.717, 1.165) is 24.1 Å². The Kier molecular flexibility index (Phi) is 5.25. The minimum absolute atomic E-state index is 0.0114. The molecular formula is C16H24N4O2. The summed E-state index contributed by atoms with van der Waals surface area (Å²) < 4.78 is 0. The number of anilines is 1. The topological polar surface area (TPSA) is 78.7 Å². The number of carbonyl (C=O) groups is 2. The molecule has 2 rings (SSSR count). The summed E-state index contributed by atoms with van der Waals surface area (Å²) in [6.45, 7) is 1.56. The second-order valence-electron chi connectivity index (χ2n) is 5.90. The molecule has 1 saturated heterocycles. The van der Waals surface area contributed by atoms with Crippen LogP contribution in [0.1, 0.15) is 18.4 Å². The van der Waals surface area contributed by atoms with E-state index in [4.69, 9.17) is 5.73 Å². The number of hydrogen-bond donors (Lipinski definition) is 2. The van der Waals surface area contributed by atoms with E-state index in [-0.39, 0.29) is 11.8 Å². The number of nitrogens with one attached hydrogen (secondary N) is 1. The van der Waals surface area contributed by atoms with Crippen LogP contribution in [0.2, 0.25) is 0 Å². The molecule has 6 nitrogen and oxygen atoms in total. The third kappa shape index (κ3) is 4.13. The minimum atomic E-state index is -0.447. The molecule has 0 saturated carbocycles. The summed E-state index contributed by atoms with van der Waals surface area (Å²) in [7, 11) is 3.98. The third-order valence-corrected chi connectivity index (χ3v) is 4.02. The van der Waals surface area contributed by atoms with Crippen molar-refractivity contribution in [3.05, 3.63) is 29.8 Å². The van der Waals surface area contributed by atoms with Gasteiger partial charge in [-0.25, -0.2) is 4.79 Å². The lowest BCUT2D eigenvalue weighted by atomic mass is 9.97. The van der Waals surface area contributed by atoms with Crippen molar-refractivity contribution < 1.29 is 9.59 Å². The molecule has 1 aromatic carbocycles. The molecule has 0 bridgehead atoms. The molecule has 3 N–H and O–H groups in total. The van der Waals surface area contributed by atoms with Crippen LogP contribution < -0.4 is 16.0 Å². The van der Waals surface area contributed by atoms with E-state index >= 15 is 0 Å². The first-order chi connectivity index (χ1) is 10.5. The molecule has 3 amide bonds. The van der Waals surface area contributed by atoms with E-state index in [1.165, 1.54) is 0 Å². The predicted molar refractivity (Wildman–Crippen MR) is 86.5 cm³/mol. The lowest BCUT2D eigenvalue weighted by Gasteiger charge is -2.30. The number of hydrogen-bond acceptors (Lipinski definition) is 3. The number of benzene rings is 1. The summed E-state index contributed by atoms with van der Waals surface area (Å²) in [4.78, 5) is 27.0. The highest BCUT2D eigenvalue weighted by molar-refractivity contribution is 5.80. The Morgan fingerprint density at radius 2 is 2.00 bits per heavy atom. The largest absolute Gasteiger partial charge is 0.378 e. The van der Waals surface area contributed by atoms with Gasteiger partial charge in [-0.05, 0) is 30.5 Å². The van der Waals surface area contributed by atoms with Crippen LogP contribution in [0.3, 0.4) is 0 Å². The van der Waals surface area contributed by atoms with Gasteiger partial charge in [-0.3, -0.25) is 4.79 Å². The van der Waals surface area contributed by atoms with Gasteiger partial charge in [-0.1, -0.05) is 12.1 Å². The number of nitrogens with two attached hydrogens (primary N) is 1. The van der Waals surface area contributed by atoms with Gasteiger partial charge in [-0.2, -0.15) is 0 Å². The summed E-state index contributed by atoms with van der Waals surface area (Å²) in [5.41, 5.74) is 7.47. The SMILES string of the molecule is CN(C)c1ccc(CNC(=O)[C@@H]2CCCN(C(N)=O)C2)cc1. The normalized spacial score (nSPS) is 17.9. The van der Waals surface area contributed by atoms with Gasteiger partial charge in [0.15, 0.2) is 0 Å². The van der Waals surface area contributed by atoms with Crippen LogP contribution in [0, 0.1) is 5.92 Å². The Morgan fingerprint density at radius 1 is 1.32 bits per heavy atom. The van der Waals surface area contributed by atoms with Crippen LogP contribution in [0.15, 0.2) is 24.3 Å². The van der Waals surface area contributed by atoms with Crippen LogP contribution in [0.4, 0.5) is 10.5 Å². The highest BCUT2D eigenvalue weighted by Crippen LogP contribution is 2.17. The molecule has 0 radical (unpaired) electrons. The van der Waals surface area contributed by atoms with Gasteiger partial charge >= 0.3 is 6.03 Å². The summed E-state index contributed by atoms with van der Waals surface area (Å²) >= 11 is 0. The number of nitrogens with zero attached hydrogens (tertiary/aromatic N) is 2. The van der Waals surface area contributed by atoms with Crippen molar-refractivity contribution in [2.45, 2.75) is 19.4 Å². The number of likely N-dealkylation sites (tertiary alicyclic amines) is 1. The Bertz CT molecular complexity index is 527. The van der Waals surface area contributed by atoms with Crippen molar-refractivity contribution in [3.63, 3.8) is 0 Å². The van der Waals surface area contributed by atoms with Gasteiger partial charge in [0, 0.05) is 39.4 Å². The minimum Gasteiger partial charge on any atom is -0.378 e. The maximum atomic E-state index is 12.2. The van der Waals surface area contributed by atoms with Crippen LogP contribution >= 0.6 is 0 Å². The van der Waals surface area contributed by atoms with Crippen LogP contribution in [0.5, 0.6) is 0 Å². The van der Waals surface area contributed by atoms with Crippen molar-refractivity contribution in [1.29, 1.82) is 0 Å². The van der Waals surface area contributed by atoms with Gasteiger partial charge in [0.05, 0.1) is 5.92 Å². The molecule has 0 unspecified atom stereocenters. The average Bonchev–Trinajstić information content (AvgIpc) is 2.53. The van der Waals surface area contributed by atoms with Crippen LogP contribution in [-0.2, 0) is 11.3 Å². The van der Waals surface area contributed by atoms with Gasteiger partial charge in [0.25, 0.3) is 0 Å². The molecule has 1 aliphatic heterocycles. The Hall–Kier alpha value is -2.24. The lowest BCUT2D eigenvalue weighted by Crippen LogP contribution is -2.47. The van der Waals surface area contributed by atoms with Crippen molar-refractivity contribution in [2.75, 3.05) is 32.1 Å². The van der Waals surface area contributed by atoms with Gasteiger partial charge in [-0.15, -0.1) is 0 Å². The number of primary amides is 1. The van der Waals surface area contributed by atoms with E-state index in [0.29, 0.717) is 19.6 Å². The fourth-order valence-electron chi connectivity index (χ4n) is 2.64. The summed E-state index contributed by atoms with van der Waals surface area (Å²) in [6.07, 6.45) is 1.62. The van der Waals surface area contributed by atoms with Crippen molar-refractivity contribution >= 4 is 17.6 Å². The monoisotopic (exact) mass is 304 g/mol. The molecular weight excluding hydrogens is 280 g/mol. The molecule has 1 fully saturated rings. The van der Waals surface area contributed by atoms with E-state index in [9.17, 15) is 9.59 Å². The smallest absolute Gasteiger partial charge is 0.314 e. The molecule has 1 aliphatic rings. The first-order valence-corrected chi connectivity index (χ1v) is 7.55. The number of piperidine rings is 1. The Balaban J connectivity index is 1.85. The van der Waals surface area contributed by atoms with Crippen LogP contribution in [0.25, 0.3) is 0 Å². The summed E-state index contributed by atoms with van der Waals surface area (Å²) in [6, 6.07) is 7.61. The lowest BCUT2D eigenvalue weighted by molar-refractivity contribution is -0.126. The Labute approximate surface area is 131 Å². The second-order valence-corrected chi connectivity index (χ2v) is 5.90. The molecule has 6 heteroatoms. The predicted octanol–water partition coefficient (Wildman–Crippen LogP) is 1.16. The summed E-state index contributed by atoms with van der Waals surface area (Å²) in [5, 5.41) is 2.95. The highest BCUT2D eigenvalue weighted by atomic mass is 16.2. The van der Waals surface area contributed by atoms with E-state index in [1.54, 1.807) is 4.90 Å².